The Balaban J connectivity index is 0.000000198. The van der Waals surface area contributed by atoms with Gasteiger partial charge in [-0.15, -0.1) is 0 Å². The molecule has 0 aromatic heterocycles. The summed E-state index contributed by atoms with van der Waals surface area (Å²) in [4.78, 5) is 40.9. The molecule has 0 saturated carbocycles. The molecule has 0 aliphatic carbocycles. The molecule has 6 aromatic rings. The van der Waals surface area contributed by atoms with Gasteiger partial charge in [0.1, 0.15) is 22.6 Å². The predicted octanol–water partition coefficient (Wildman–Crippen LogP) is 12.0. The van der Waals surface area contributed by atoms with E-state index in [-0.39, 0.29) is 33.6 Å². The molecule has 2 unspecified atom stereocenters. The van der Waals surface area contributed by atoms with Gasteiger partial charge in [-0.3, -0.25) is 0 Å². The molecule has 2 heterocycles. The van der Waals surface area contributed by atoms with E-state index in [1.165, 1.54) is 93.7 Å². The second kappa shape index (κ2) is 25.8. The summed E-state index contributed by atoms with van der Waals surface area (Å²) in [6.07, 6.45) is 7.43. The van der Waals surface area contributed by atoms with Crippen LogP contribution >= 0.6 is 23.2 Å². The van der Waals surface area contributed by atoms with E-state index in [1.54, 1.807) is 0 Å². The van der Waals surface area contributed by atoms with Crippen molar-refractivity contribution in [2.75, 3.05) is 68.4 Å². The van der Waals surface area contributed by atoms with E-state index in [4.69, 9.17) is 44.1 Å². The Bertz CT molecular complexity index is 2750. The van der Waals surface area contributed by atoms with Crippen LogP contribution in [0.4, 0.5) is 27.5 Å². The highest BCUT2D eigenvalue weighted by Gasteiger charge is 2.26. The number of carboxylic acid groups (broad SMARTS) is 1. The fourth-order valence-electron chi connectivity index (χ4n) is 9.01. The van der Waals surface area contributed by atoms with Crippen molar-refractivity contribution in [2.24, 2.45) is 5.73 Å². The molecule has 8 rings (SSSR count). The van der Waals surface area contributed by atoms with Crippen LogP contribution in [0.15, 0.2) is 121 Å². The van der Waals surface area contributed by atoms with E-state index in [2.05, 4.69) is 99.7 Å². The molecule has 15 heteroatoms. The summed E-state index contributed by atoms with van der Waals surface area (Å²) in [6, 6.07) is 37.7. The van der Waals surface area contributed by atoms with Crippen molar-refractivity contribution < 1.29 is 33.7 Å². The highest BCUT2D eigenvalue weighted by Crippen LogP contribution is 2.37. The third kappa shape index (κ3) is 13.7. The maximum absolute atomic E-state index is 13.3. The minimum atomic E-state index is -1.17. The number of aryl methyl sites for hydroxylation is 2. The number of nitrogens with two attached hydrogens (primary N) is 2. The third-order valence-corrected chi connectivity index (χ3v) is 13.3. The molecule has 2 fully saturated rings. The topological polar surface area (TPSA) is 182 Å². The number of carbonyl (C=O) groups excluding carboxylic acids is 2. The number of nitrogens with one attached hydrogen (secondary N) is 2. The fourth-order valence-corrected chi connectivity index (χ4v) is 9.38. The van der Waals surface area contributed by atoms with Gasteiger partial charge in [-0.1, -0.05) is 108 Å². The lowest BCUT2D eigenvalue weighted by atomic mass is 9.92. The highest BCUT2D eigenvalue weighted by atomic mass is 35.5. The van der Waals surface area contributed by atoms with Crippen LogP contribution in [0.2, 0.25) is 10.0 Å². The monoisotopic (exact) mass is 1000 g/mol. The van der Waals surface area contributed by atoms with Crippen molar-refractivity contribution in [1.29, 1.82) is 0 Å². The molecule has 0 radical (unpaired) electrons. The Morgan fingerprint density at radius 3 is 1.63 bits per heavy atom. The SMILES string of the molecule is COC(=O)c1cc(Cl)c(N)cc1OC.COc1cc(NC(=O)NC(c2ccccc2)c2c(C)cccc2N2CCCCC2)c(Cl)cc1C(=O)O.Cc1cccc(N2CCCCC2)c1C(N)c1ccccc1. The molecule has 374 valence electrons. The normalized spacial score (nSPS) is 14.0. The van der Waals surface area contributed by atoms with Crippen molar-refractivity contribution in [1.82, 2.24) is 5.32 Å². The van der Waals surface area contributed by atoms with Crippen LogP contribution in [-0.4, -0.2) is 70.6 Å². The number of rotatable bonds is 12. The van der Waals surface area contributed by atoms with Gasteiger partial charge < -0.3 is 51.2 Å². The van der Waals surface area contributed by atoms with Gasteiger partial charge in [0, 0.05) is 55.2 Å². The van der Waals surface area contributed by atoms with Crippen LogP contribution in [0.1, 0.15) is 105 Å². The number of anilines is 4. The van der Waals surface area contributed by atoms with E-state index in [0.29, 0.717) is 16.5 Å². The second-order valence-electron chi connectivity index (χ2n) is 17.3. The molecule has 7 N–H and O–H groups in total. The second-order valence-corrected chi connectivity index (χ2v) is 18.2. The third-order valence-electron chi connectivity index (χ3n) is 12.7. The van der Waals surface area contributed by atoms with Gasteiger partial charge in [0.2, 0.25) is 0 Å². The molecule has 6 aromatic carbocycles. The lowest BCUT2D eigenvalue weighted by molar-refractivity contribution is 0.0596. The largest absolute Gasteiger partial charge is 0.496 e. The smallest absolute Gasteiger partial charge is 0.341 e. The van der Waals surface area contributed by atoms with E-state index in [9.17, 15) is 19.5 Å². The summed E-state index contributed by atoms with van der Waals surface area (Å²) in [7, 11) is 4.09. The number of hydrogen-bond acceptors (Lipinski definition) is 10. The summed E-state index contributed by atoms with van der Waals surface area (Å²) >= 11 is 12.1. The molecule has 0 spiro atoms. The zero-order valence-corrected chi connectivity index (χ0v) is 42.5. The fraction of sp³-hybridized carbons (Fsp3) is 0.304. The minimum absolute atomic E-state index is 0.0515. The van der Waals surface area contributed by atoms with Crippen molar-refractivity contribution in [3.05, 3.63) is 176 Å². The highest BCUT2D eigenvalue weighted by molar-refractivity contribution is 6.34. The first-order valence-corrected chi connectivity index (χ1v) is 24.5. The summed E-state index contributed by atoms with van der Waals surface area (Å²) < 4.78 is 14.7. The van der Waals surface area contributed by atoms with Crippen LogP contribution in [0.25, 0.3) is 0 Å². The Morgan fingerprint density at radius 1 is 0.620 bits per heavy atom. The standard InChI is InChI=1S/C28H30ClN3O4.C19H24N2.C9H10ClNO3/c1-18-10-9-13-23(32-14-7-4-8-15-32)25(18)26(19-11-5-3-6-12-19)31-28(35)30-22-17-24(36-2)20(27(33)34)16-21(22)29;1-15-9-8-12-17(21-13-6-3-7-14-21)18(15)19(20)16-10-4-2-5-11-16;1-13-8-4-7(11)6(10)3-5(8)9(12)14-2/h3,5-6,9-13,16-17,26H,4,7-8,14-15H2,1-2H3,(H,33,34)(H2,30,31,35);2,4-5,8-12,19H,3,6-7,13-14,20H2,1H3;3-4H,11H2,1-2H3. The number of amides is 2. The molecular weight excluding hydrogens is 940 g/mol. The molecule has 71 heavy (non-hydrogen) atoms. The van der Waals surface area contributed by atoms with Crippen LogP contribution in [-0.2, 0) is 4.74 Å². The number of halogens is 2. The van der Waals surface area contributed by atoms with Gasteiger partial charge in [-0.25, -0.2) is 14.4 Å². The van der Waals surface area contributed by atoms with Crippen molar-refractivity contribution in [3.8, 4) is 11.5 Å². The molecule has 2 atom stereocenters. The first-order valence-electron chi connectivity index (χ1n) is 23.7. The number of urea groups is 1. The average Bonchev–Trinajstić information content (AvgIpc) is 3.40. The Morgan fingerprint density at radius 2 is 1.11 bits per heavy atom. The molecule has 2 saturated heterocycles. The number of carbonyl (C=O) groups is 3. The maximum Gasteiger partial charge on any atom is 0.341 e. The number of methoxy groups -OCH3 is 3. The van der Waals surface area contributed by atoms with Crippen LogP contribution in [0, 0.1) is 13.8 Å². The van der Waals surface area contributed by atoms with Crippen molar-refractivity contribution in [2.45, 2.75) is 64.5 Å². The molecule has 13 nitrogen and oxygen atoms in total. The molecule has 2 aliphatic heterocycles. The Hall–Kier alpha value is -6.93. The number of benzene rings is 6. The first-order chi connectivity index (χ1) is 34.3. The van der Waals surface area contributed by atoms with E-state index < -0.39 is 24.0 Å². The van der Waals surface area contributed by atoms with E-state index in [0.717, 1.165) is 61.4 Å². The van der Waals surface area contributed by atoms with Crippen LogP contribution < -0.4 is 41.4 Å². The Labute approximate surface area is 427 Å². The zero-order chi connectivity index (χ0) is 51.0. The number of carboxylic acids is 1. The van der Waals surface area contributed by atoms with Gasteiger partial charge in [-0.05, 0) is 104 Å². The average molecular weight is 1000 g/mol. The number of aromatic carboxylic acids is 1. The van der Waals surface area contributed by atoms with Crippen LogP contribution in [0.3, 0.4) is 0 Å². The van der Waals surface area contributed by atoms with Crippen molar-refractivity contribution >= 4 is 63.9 Å². The zero-order valence-electron chi connectivity index (χ0n) is 41.0. The summed E-state index contributed by atoms with van der Waals surface area (Å²) in [5.74, 6) is -1.23. The minimum Gasteiger partial charge on any atom is -0.496 e. The number of ether oxygens (including phenoxy) is 3. The maximum atomic E-state index is 13.3. The summed E-state index contributed by atoms with van der Waals surface area (Å²) in [5.41, 5.74) is 22.2. The molecule has 0 bridgehead atoms. The lowest BCUT2D eigenvalue weighted by Crippen LogP contribution is -2.36. The number of esters is 1. The number of nitrogens with zero attached hydrogens (tertiary/aromatic N) is 2. The van der Waals surface area contributed by atoms with Gasteiger partial charge in [0.15, 0.2) is 0 Å². The summed E-state index contributed by atoms with van der Waals surface area (Å²) in [6.45, 7) is 8.50. The number of piperidine rings is 2. The lowest BCUT2D eigenvalue weighted by Gasteiger charge is -2.34. The quantitative estimate of drug-likeness (QED) is 0.0581. The predicted molar refractivity (Wildman–Crippen MR) is 286 cm³/mol. The van der Waals surface area contributed by atoms with Crippen molar-refractivity contribution in [3.63, 3.8) is 0 Å². The van der Waals surface area contributed by atoms with Gasteiger partial charge in [-0.2, -0.15) is 0 Å². The number of hydrogen-bond donors (Lipinski definition) is 5. The molecule has 2 aliphatic rings. The van der Waals surface area contributed by atoms with Gasteiger partial charge in [0.05, 0.1) is 54.8 Å². The molecular formula is C56H64Cl2N6O7. The van der Waals surface area contributed by atoms with E-state index >= 15 is 0 Å². The summed E-state index contributed by atoms with van der Waals surface area (Å²) in [5, 5.41) is 15.7. The van der Waals surface area contributed by atoms with Gasteiger partial charge in [0.25, 0.3) is 0 Å². The molecule has 2 amide bonds. The Kier molecular flexibility index (Phi) is 19.4. The number of nitrogen functional groups attached to an aromatic ring is 1. The van der Waals surface area contributed by atoms with Gasteiger partial charge >= 0.3 is 18.0 Å². The van der Waals surface area contributed by atoms with Crippen LogP contribution in [0.5, 0.6) is 11.5 Å². The first kappa shape index (κ1) is 53.4. The van der Waals surface area contributed by atoms with E-state index in [1.807, 2.05) is 36.4 Å².